The summed E-state index contributed by atoms with van der Waals surface area (Å²) >= 11 is 0. The summed E-state index contributed by atoms with van der Waals surface area (Å²) in [6.07, 6.45) is 3.44. The third-order valence-corrected chi connectivity index (χ3v) is 7.70. The van der Waals surface area contributed by atoms with E-state index in [4.69, 9.17) is 5.73 Å². The van der Waals surface area contributed by atoms with Gasteiger partial charge in [-0.2, -0.15) is 14.6 Å². The van der Waals surface area contributed by atoms with E-state index in [-0.39, 0.29) is 35.5 Å². The molecule has 0 bridgehead atoms. The highest BCUT2D eigenvalue weighted by Gasteiger charge is 2.27. The highest BCUT2D eigenvalue weighted by Crippen LogP contribution is 2.32. The van der Waals surface area contributed by atoms with Gasteiger partial charge in [0.1, 0.15) is 17.7 Å². The van der Waals surface area contributed by atoms with Gasteiger partial charge in [-0.3, -0.25) is 14.4 Å². The Labute approximate surface area is 235 Å². The maximum absolute atomic E-state index is 13.4. The van der Waals surface area contributed by atoms with E-state index in [1.54, 1.807) is 11.0 Å². The SMILES string of the molecule is CC(=O)c1ccc2c(c1)CC[C@@H]2NC(=O)c1cc(C(=O)NCc2ccc3c(c2)CN(C(N)=O)CC3)nc2ncnn12. The smallest absolute Gasteiger partial charge is 0.315 e. The summed E-state index contributed by atoms with van der Waals surface area (Å²) < 4.78 is 1.30. The second kappa shape index (κ2) is 10.5. The number of primary amides is 1. The standard InChI is InChI=1S/C29H28N8O4/c1-16(38)19-4-6-22-20(11-19)5-7-23(22)34-27(40)25-12-24(35-29-32-15-33-37(25)29)26(39)31-13-17-2-3-18-8-9-36(28(30)41)14-21(18)10-17/h2-4,6,10-12,15,23H,5,7-9,13-14H2,1H3,(H2,30,41)(H,31,39)(H,34,40)/t23-/m0/s1. The van der Waals surface area contributed by atoms with Crippen LogP contribution in [0.2, 0.25) is 0 Å². The summed E-state index contributed by atoms with van der Waals surface area (Å²) in [6.45, 7) is 2.77. The van der Waals surface area contributed by atoms with Gasteiger partial charge in [-0.05, 0) is 60.1 Å². The zero-order valence-electron chi connectivity index (χ0n) is 22.4. The lowest BCUT2D eigenvalue weighted by Crippen LogP contribution is -2.39. The van der Waals surface area contributed by atoms with Gasteiger partial charge in [0, 0.05) is 31.3 Å². The summed E-state index contributed by atoms with van der Waals surface area (Å²) in [6, 6.07) is 12.1. The normalized spacial score (nSPS) is 15.7. The van der Waals surface area contributed by atoms with E-state index in [1.165, 1.54) is 23.8 Å². The third kappa shape index (κ3) is 5.11. The second-order valence-electron chi connectivity index (χ2n) is 10.3. The molecule has 2 aliphatic rings. The highest BCUT2D eigenvalue weighted by molar-refractivity contribution is 5.98. The lowest BCUT2D eigenvalue weighted by atomic mass is 9.97. The minimum Gasteiger partial charge on any atom is -0.351 e. The number of nitrogens with two attached hydrogens (primary N) is 1. The fourth-order valence-electron chi connectivity index (χ4n) is 5.49. The molecule has 2 aromatic carbocycles. The first kappa shape index (κ1) is 26.1. The van der Waals surface area contributed by atoms with Crippen LogP contribution in [0.15, 0.2) is 48.8 Å². The second-order valence-corrected chi connectivity index (χ2v) is 10.3. The van der Waals surface area contributed by atoms with Gasteiger partial charge in [0.15, 0.2) is 5.78 Å². The lowest BCUT2D eigenvalue weighted by molar-refractivity contribution is 0.0927. The summed E-state index contributed by atoms with van der Waals surface area (Å²) in [4.78, 5) is 59.8. The first-order valence-electron chi connectivity index (χ1n) is 13.4. The van der Waals surface area contributed by atoms with E-state index in [9.17, 15) is 19.2 Å². The number of rotatable bonds is 6. The molecule has 0 saturated carbocycles. The molecule has 1 aliphatic carbocycles. The molecular weight excluding hydrogens is 524 g/mol. The van der Waals surface area contributed by atoms with E-state index in [1.807, 2.05) is 30.3 Å². The van der Waals surface area contributed by atoms with Crippen molar-refractivity contribution in [2.24, 2.45) is 5.73 Å². The van der Waals surface area contributed by atoms with Crippen LogP contribution in [0.3, 0.4) is 0 Å². The number of aryl methyl sites for hydroxylation is 1. The Bertz CT molecular complexity index is 1730. The number of amides is 4. The van der Waals surface area contributed by atoms with Gasteiger partial charge in [-0.1, -0.05) is 30.3 Å². The maximum atomic E-state index is 13.4. The van der Waals surface area contributed by atoms with Crippen molar-refractivity contribution in [3.8, 4) is 0 Å². The van der Waals surface area contributed by atoms with Crippen molar-refractivity contribution in [3.05, 3.63) is 93.6 Å². The molecule has 6 rings (SSSR count). The van der Waals surface area contributed by atoms with Crippen LogP contribution in [0, 0.1) is 0 Å². The Morgan fingerprint density at radius 1 is 1.00 bits per heavy atom. The average molecular weight is 553 g/mol. The molecule has 0 fully saturated rings. The number of hydrogen-bond acceptors (Lipinski definition) is 7. The monoisotopic (exact) mass is 552 g/mol. The van der Waals surface area contributed by atoms with Gasteiger partial charge in [-0.15, -0.1) is 0 Å². The number of Topliss-reactive ketones (excluding diaryl/α,β-unsaturated/α-hetero) is 1. The Kier molecular flexibility index (Phi) is 6.66. The predicted octanol–water partition coefficient (Wildman–Crippen LogP) is 2.11. The Morgan fingerprint density at radius 3 is 2.66 bits per heavy atom. The molecule has 0 radical (unpaired) electrons. The molecule has 4 N–H and O–H groups in total. The summed E-state index contributed by atoms with van der Waals surface area (Å²) in [5.74, 6) is -0.762. The van der Waals surface area contributed by atoms with Crippen molar-refractivity contribution >= 4 is 29.4 Å². The first-order chi connectivity index (χ1) is 19.8. The number of hydrogen-bond donors (Lipinski definition) is 3. The Morgan fingerprint density at radius 2 is 1.85 bits per heavy atom. The highest BCUT2D eigenvalue weighted by atomic mass is 16.2. The molecule has 2 aromatic heterocycles. The number of benzene rings is 2. The summed E-state index contributed by atoms with van der Waals surface area (Å²) in [5.41, 5.74) is 11.3. The Hall–Kier alpha value is -5.13. The molecule has 4 amide bonds. The van der Waals surface area contributed by atoms with Crippen LogP contribution in [0.25, 0.3) is 5.78 Å². The zero-order valence-corrected chi connectivity index (χ0v) is 22.4. The number of aromatic nitrogens is 4. The summed E-state index contributed by atoms with van der Waals surface area (Å²) in [7, 11) is 0. The van der Waals surface area contributed by atoms with Crippen molar-refractivity contribution in [1.29, 1.82) is 0 Å². The van der Waals surface area contributed by atoms with Gasteiger partial charge in [0.25, 0.3) is 17.6 Å². The molecule has 12 heteroatoms. The van der Waals surface area contributed by atoms with Crippen molar-refractivity contribution in [2.45, 2.75) is 45.3 Å². The number of carbonyl (C=O) groups excluding carboxylic acids is 4. The van der Waals surface area contributed by atoms with Crippen molar-refractivity contribution in [3.63, 3.8) is 0 Å². The van der Waals surface area contributed by atoms with Crippen LogP contribution in [0.1, 0.15) is 78.5 Å². The lowest BCUT2D eigenvalue weighted by Gasteiger charge is -2.27. The van der Waals surface area contributed by atoms with Crippen molar-refractivity contribution in [2.75, 3.05) is 6.54 Å². The fraction of sp³-hybridized carbons (Fsp3) is 0.276. The van der Waals surface area contributed by atoms with Crippen molar-refractivity contribution in [1.82, 2.24) is 35.1 Å². The van der Waals surface area contributed by atoms with E-state index in [2.05, 4.69) is 25.7 Å². The molecule has 208 valence electrons. The van der Waals surface area contributed by atoms with Crippen LogP contribution in [0.5, 0.6) is 0 Å². The number of urea groups is 1. The van der Waals surface area contributed by atoms with Gasteiger partial charge in [0.2, 0.25) is 0 Å². The largest absolute Gasteiger partial charge is 0.351 e. The molecule has 0 saturated heterocycles. The van der Waals surface area contributed by atoms with E-state index < -0.39 is 17.8 Å². The van der Waals surface area contributed by atoms with E-state index in [0.717, 1.165) is 40.7 Å². The van der Waals surface area contributed by atoms with Crippen molar-refractivity contribution < 1.29 is 19.2 Å². The van der Waals surface area contributed by atoms with E-state index in [0.29, 0.717) is 25.1 Å². The van der Waals surface area contributed by atoms with Crippen LogP contribution in [-0.2, 0) is 25.9 Å². The van der Waals surface area contributed by atoms with Gasteiger partial charge in [0.05, 0.1) is 6.04 Å². The third-order valence-electron chi connectivity index (χ3n) is 7.70. The fourth-order valence-corrected chi connectivity index (χ4v) is 5.49. The first-order valence-corrected chi connectivity index (χ1v) is 13.4. The molecule has 41 heavy (non-hydrogen) atoms. The van der Waals surface area contributed by atoms with Gasteiger partial charge in [-0.25, -0.2) is 9.78 Å². The molecule has 12 nitrogen and oxygen atoms in total. The van der Waals surface area contributed by atoms with Gasteiger partial charge < -0.3 is 21.3 Å². The van der Waals surface area contributed by atoms with Gasteiger partial charge >= 0.3 is 6.03 Å². The number of fused-ring (bicyclic) bond motifs is 3. The quantitative estimate of drug-likeness (QED) is 0.308. The van der Waals surface area contributed by atoms with E-state index >= 15 is 0 Å². The van der Waals surface area contributed by atoms with Crippen LogP contribution in [-0.4, -0.2) is 54.7 Å². The van der Waals surface area contributed by atoms with Crippen LogP contribution in [0.4, 0.5) is 4.79 Å². The molecular formula is C29H28N8O4. The number of carbonyl (C=O) groups is 4. The minimum absolute atomic E-state index is 0.00203. The summed E-state index contributed by atoms with van der Waals surface area (Å²) in [5, 5.41) is 10.0. The predicted molar refractivity (Wildman–Crippen MR) is 147 cm³/mol. The Balaban J connectivity index is 1.18. The number of ketones is 1. The topological polar surface area (TPSA) is 165 Å². The molecule has 0 unspecified atom stereocenters. The maximum Gasteiger partial charge on any atom is 0.315 e. The molecule has 1 aliphatic heterocycles. The molecule has 3 heterocycles. The number of nitrogens with one attached hydrogen (secondary N) is 2. The molecule has 0 spiro atoms. The number of nitrogens with zero attached hydrogens (tertiary/aromatic N) is 5. The average Bonchev–Trinajstić information content (AvgIpc) is 3.61. The minimum atomic E-state index is -0.469. The molecule has 1 atom stereocenters. The zero-order chi connectivity index (χ0) is 28.7. The van der Waals surface area contributed by atoms with Crippen LogP contribution >= 0.6 is 0 Å². The van der Waals surface area contributed by atoms with Crippen LogP contribution < -0.4 is 16.4 Å². The molecule has 4 aromatic rings.